The van der Waals surface area contributed by atoms with Crippen molar-refractivity contribution in [1.82, 2.24) is 15.5 Å². The summed E-state index contributed by atoms with van der Waals surface area (Å²) in [6, 6.07) is -2.76. The minimum atomic E-state index is -1.00. The summed E-state index contributed by atoms with van der Waals surface area (Å²) in [4.78, 5) is 66.7. The quantitative estimate of drug-likeness (QED) is 0.361. The standard InChI is InChI=1S/C28H45N3O7/c1-26(2,3)21(30-25(36)38-27(4,5)6)23(34)31-14-16-18(28(16,7)8)19(31)22(33)29-17(13-15-11-10-12-15)20(32)24(35)37-9/h15-19,21H,10-14H2,1-9H3,(H,29,33)(H,30,36). The lowest BCUT2D eigenvalue weighted by Crippen LogP contribution is -2.60. The first-order valence-electron chi connectivity index (χ1n) is 13.6. The number of nitrogens with one attached hydrogen (secondary N) is 2. The third-order valence-electron chi connectivity index (χ3n) is 8.35. The molecule has 5 unspecified atom stereocenters. The number of likely N-dealkylation sites (tertiary alicyclic amines) is 1. The number of esters is 1. The highest BCUT2D eigenvalue weighted by molar-refractivity contribution is 6.36. The van der Waals surface area contributed by atoms with E-state index in [-0.39, 0.29) is 29.1 Å². The monoisotopic (exact) mass is 535 g/mol. The van der Waals surface area contributed by atoms with Crippen LogP contribution in [-0.2, 0) is 28.7 Å². The van der Waals surface area contributed by atoms with Crippen molar-refractivity contribution in [1.29, 1.82) is 0 Å². The Kier molecular flexibility index (Phi) is 8.25. The second-order valence-corrected chi connectivity index (χ2v) is 13.8. The molecule has 2 aliphatic carbocycles. The molecule has 3 aliphatic rings. The van der Waals surface area contributed by atoms with Gasteiger partial charge in [-0.2, -0.15) is 0 Å². The van der Waals surface area contributed by atoms with Crippen LogP contribution in [0, 0.1) is 28.6 Å². The van der Waals surface area contributed by atoms with Gasteiger partial charge in [0.1, 0.15) is 17.7 Å². The maximum Gasteiger partial charge on any atom is 0.408 e. The molecule has 3 fully saturated rings. The predicted octanol–water partition coefficient (Wildman–Crippen LogP) is 2.83. The van der Waals surface area contributed by atoms with E-state index < -0.39 is 52.9 Å². The Labute approximate surface area is 225 Å². The van der Waals surface area contributed by atoms with Crippen LogP contribution in [0.4, 0.5) is 4.79 Å². The van der Waals surface area contributed by atoms with Crippen LogP contribution in [0.5, 0.6) is 0 Å². The second kappa shape index (κ2) is 10.5. The van der Waals surface area contributed by atoms with Gasteiger partial charge in [-0.05, 0) is 55.8 Å². The number of amides is 3. The molecule has 0 spiro atoms. The third-order valence-corrected chi connectivity index (χ3v) is 8.35. The van der Waals surface area contributed by atoms with Gasteiger partial charge in [-0.15, -0.1) is 0 Å². The number of piperidine rings is 1. The number of hydrogen-bond donors (Lipinski definition) is 2. The SMILES string of the molecule is COC(=O)C(=O)C(CC1CCC1)NC(=O)C1C2C(CN1C(=O)C(NC(=O)OC(C)(C)C)C(C)(C)C)C2(C)C. The Hall–Kier alpha value is -2.65. The van der Waals surface area contributed by atoms with Gasteiger partial charge in [0.05, 0.1) is 13.2 Å². The van der Waals surface area contributed by atoms with Gasteiger partial charge in [-0.3, -0.25) is 14.4 Å². The summed E-state index contributed by atoms with van der Waals surface area (Å²) in [5, 5.41) is 5.53. The minimum Gasteiger partial charge on any atom is -0.463 e. The van der Waals surface area contributed by atoms with Gasteiger partial charge in [0.25, 0.3) is 5.78 Å². The molecule has 3 rings (SSSR count). The molecular weight excluding hydrogens is 490 g/mol. The van der Waals surface area contributed by atoms with Crippen LogP contribution in [0.3, 0.4) is 0 Å². The zero-order chi connectivity index (χ0) is 28.8. The number of carbonyl (C=O) groups excluding carboxylic acids is 5. The summed E-state index contributed by atoms with van der Waals surface area (Å²) in [6.07, 6.45) is 2.59. The van der Waals surface area contributed by atoms with Crippen molar-refractivity contribution in [2.24, 2.45) is 28.6 Å². The molecule has 38 heavy (non-hydrogen) atoms. The lowest BCUT2D eigenvalue weighted by atomic mass is 9.80. The molecule has 0 radical (unpaired) electrons. The smallest absolute Gasteiger partial charge is 0.408 e. The summed E-state index contributed by atoms with van der Waals surface area (Å²) < 4.78 is 10.0. The zero-order valence-electron chi connectivity index (χ0n) is 24.3. The molecule has 3 amide bonds. The van der Waals surface area contributed by atoms with E-state index in [1.54, 1.807) is 20.8 Å². The topological polar surface area (TPSA) is 131 Å². The van der Waals surface area contributed by atoms with Crippen molar-refractivity contribution in [3.05, 3.63) is 0 Å². The summed E-state index contributed by atoms with van der Waals surface area (Å²) in [5.74, 6) is -2.33. The number of carbonyl (C=O) groups is 5. The van der Waals surface area contributed by atoms with E-state index in [1.165, 1.54) is 4.90 Å². The normalized spacial score (nSPS) is 25.8. The molecular formula is C28H45N3O7. The zero-order valence-corrected chi connectivity index (χ0v) is 24.3. The van der Waals surface area contributed by atoms with Crippen molar-refractivity contribution < 1.29 is 33.4 Å². The average Bonchev–Trinajstić information content (AvgIpc) is 3.08. The first-order valence-corrected chi connectivity index (χ1v) is 13.6. The fourth-order valence-electron chi connectivity index (χ4n) is 5.85. The van der Waals surface area contributed by atoms with E-state index in [9.17, 15) is 24.0 Å². The van der Waals surface area contributed by atoms with Crippen LogP contribution in [0.25, 0.3) is 0 Å². The van der Waals surface area contributed by atoms with E-state index in [2.05, 4.69) is 29.2 Å². The summed E-state index contributed by atoms with van der Waals surface area (Å²) in [6.45, 7) is 15.2. The minimum absolute atomic E-state index is 0.0915. The number of rotatable bonds is 8. The molecule has 0 aromatic carbocycles. The van der Waals surface area contributed by atoms with E-state index in [4.69, 9.17) is 4.74 Å². The lowest BCUT2D eigenvalue weighted by Gasteiger charge is -2.38. The third kappa shape index (κ3) is 6.31. The molecule has 5 atom stereocenters. The van der Waals surface area contributed by atoms with Crippen LogP contribution in [-0.4, -0.2) is 71.9 Å². The van der Waals surface area contributed by atoms with Crippen LogP contribution in [0.15, 0.2) is 0 Å². The number of hydrogen-bond acceptors (Lipinski definition) is 7. The number of methoxy groups -OCH3 is 1. The van der Waals surface area contributed by atoms with Gasteiger partial charge in [0.2, 0.25) is 11.8 Å². The van der Waals surface area contributed by atoms with Crippen LogP contribution >= 0.6 is 0 Å². The first-order chi connectivity index (χ1) is 17.4. The van der Waals surface area contributed by atoms with E-state index >= 15 is 0 Å². The summed E-state index contributed by atoms with van der Waals surface area (Å²) >= 11 is 0. The van der Waals surface area contributed by atoms with E-state index in [1.807, 2.05) is 20.8 Å². The van der Waals surface area contributed by atoms with Crippen LogP contribution in [0.2, 0.25) is 0 Å². The molecule has 214 valence electrons. The van der Waals surface area contributed by atoms with E-state index in [0.29, 0.717) is 13.0 Å². The fourth-order valence-corrected chi connectivity index (χ4v) is 5.85. The molecule has 1 heterocycles. The highest BCUT2D eigenvalue weighted by atomic mass is 16.6. The maximum atomic E-state index is 13.9. The molecule has 0 aromatic heterocycles. The van der Waals surface area contributed by atoms with E-state index in [0.717, 1.165) is 26.4 Å². The predicted molar refractivity (Wildman–Crippen MR) is 140 cm³/mol. The Morgan fingerprint density at radius 1 is 1.00 bits per heavy atom. The number of Topliss-reactive ketones (excluding diaryl/α,β-unsaturated/α-hetero) is 1. The Morgan fingerprint density at radius 2 is 1.61 bits per heavy atom. The van der Waals surface area contributed by atoms with Crippen molar-refractivity contribution in [2.75, 3.05) is 13.7 Å². The lowest BCUT2D eigenvalue weighted by molar-refractivity contribution is -0.153. The van der Waals surface area contributed by atoms with Gasteiger partial charge in [0, 0.05) is 6.54 Å². The number of ether oxygens (including phenoxy) is 2. The Bertz CT molecular complexity index is 974. The Balaban J connectivity index is 1.84. The fraction of sp³-hybridized carbons (Fsp3) is 0.821. The number of fused-ring (bicyclic) bond motifs is 1. The molecule has 0 aromatic rings. The largest absolute Gasteiger partial charge is 0.463 e. The second-order valence-electron chi connectivity index (χ2n) is 13.8. The van der Waals surface area contributed by atoms with Crippen molar-refractivity contribution in [3.8, 4) is 0 Å². The molecule has 10 heteroatoms. The molecule has 2 saturated carbocycles. The summed E-state index contributed by atoms with van der Waals surface area (Å²) in [5.41, 5.74) is -1.55. The summed E-state index contributed by atoms with van der Waals surface area (Å²) in [7, 11) is 1.14. The van der Waals surface area contributed by atoms with Crippen molar-refractivity contribution in [3.63, 3.8) is 0 Å². The average molecular weight is 536 g/mol. The number of ketones is 1. The van der Waals surface area contributed by atoms with Crippen LogP contribution in [0.1, 0.15) is 81.1 Å². The highest BCUT2D eigenvalue weighted by Gasteiger charge is 2.70. The van der Waals surface area contributed by atoms with Gasteiger partial charge in [0.15, 0.2) is 0 Å². The van der Waals surface area contributed by atoms with Crippen LogP contribution < -0.4 is 10.6 Å². The van der Waals surface area contributed by atoms with Crippen molar-refractivity contribution in [2.45, 2.75) is 105 Å². The van der Waals surface area contributed by atoms with Gasteiger partial charge < -0.3 is 25.0 Å². The van der Waals surface area contributed by atoms with Gasteiger partial charge >= 0.3 is 12.1 Å². The molecule has 1 saturated heterocycles. The van der Waals surface area contributed by atoms with Gasteiger partial charge in [-0.1, -0.05) is 53.9 Å². The van der Waals surface area contributed by atoms with Crippen molar-refractivity contribution >= 4 is 29.7 Å². The van der Waals surface area contributed by atoms with Gasteiger partial charge in [-0.25, -0.2) is 9.59 Å². The number of alkyl carbamates (subject to hydrolysis) is 1. The molecule has 10 nitrogen and oxygen atoms in total. The molecule has 2 N–H and O–H groups in total. The first kappa shape index (κ1) is 29.9. The highest BCUT2D eigenvalue weighted by Crippen LogP contribution is 2.65. The molecule has 1 aliphatic heterocycles. The molecule has 0 bridgehead atoms. The Morgan fingerprint density at radius 3 is 2.08 bits per heavy atom. The number of nitrogens with zero attached hydrogens (tertiary/aromatic N) is 1. The maximum absolute atomic E-state index is 13.9.